The Bertz CT molecular complexity index is 1820. The number of fused-ring (bicyclic) bond motifs is 1. The second kappa shape index (κ2) is 18.7. The van der Waals surface area contributed by atoms with Crippen LogP contribution in [0.4, 0.5) is 0 Å². The van der Waals surface area contributed by atoms with Crippen LogP contribution in [-0.2, 0) is 26.5 Å². The summed E-state index contributed by atoms with van der Waals surface area (Å²) in [4.78, 5) is 28.0. The zero-order valence-electron chi connectivity index (χ0n) is 30.4. The first kappa shape index (κ1) is 39.2. The molecule has 2 aliphatic heterocycles. The lowest BCUT2D eigenvalue weighted by Crippen LogP contribution is -2.47. The summed E-state index contributed by atoms with van der Waals surface area (Å²) in [6, 6.07) is 23.5. The number of unbranched alkanes of at least 4 members (excludes halogenated alkanes) is 2. The predicted octanol–water partition coefficient (Wildman–Crippen LogP) is 5.58. The molecule has 6 rings (SSSR count). The molecule has 286 valence electrons. The Kier molecular flexibility index (Phi) is 13.6. The molecule has 3 aromatic rings. The van der Waals surface area contributed by atoms with E-state index in [1.165, 1.54) is 17.7 Å². The van der Waals surface area contributed by atoms with E-state index in [0.29, 0.717) is 31.0 Å². The smallest absolute Gasteiger partial charge is 0.347 e. The van der Waals surface area contributed by atoms with E-state index in [-0.39, 0.29) is 40.7 Å². The number of aliphatic hydroxyl groups is 3. The number of halogens is 1. The minimum Gasteiger partial charge on any atom is -0.510 e. The van der Waals surface area contributed by atoms with Crippen LogP contribution in [0, 0.1) is 11.8 Å². The average molecular weight is 756 g/mol. The molecule has 4 unspecified atom stereocenters. The van der Waals surface area contributed by atoms with Gasteiger partial charge >= 0.3 is 5.97 Å². The first-order valence-corrected chi connectivity index (χ1v) is 19.2. The van der Waals surface area contributed by atoms with Crippen LogP contribution in [-0.4, -0.2) is 83.6 Å². The Morgan fingerprint density at radius 3 is 2.57 bits per heavy atom. The van der Waals surface area contributed by atoms with E-state index >= 15 is 0 Å². The molecule has 1 amide bonds. The summed E-state index contributed by atoms with van der Waals surface area (Å²) in [7, 11) is 0. The van der Waals surface area contributed by atoms with Crippen LogP contribution in [0.25, 0.3) is 0 Å². The van der Waals surface area contributed by atoms with E-state index in [0.717, 1.165) is 57.3 Å². The number of ether oxygens (including phenoxy) is 2. The highest BCUT2D eigenvalue weighted by atomic mass is 35.5. The van der Waals surface area contributed by atoms with Gasteiger partial charge in [-0.3, -0.25) is 9.69 Å². The number of hydrogen-bond donors (Lipinski definition) is 5. The number of rotatable bonds is 17. The van der Waals surface area contributed by atoms with E-state index < -0.39 is 23.7 Å². The second-order valence-electron chi connectivity index (χ2n) is 14.3. The molecule has 0 bridgehead atoms. The van der Waals surface area contributed by atoms with Crippen LogP contribution in [0.5, 0.6) is 5.75 Å². The Hall–Kier alpha value is -4.45. The lowest BCUT2D eigenvalue weighted by molar-refractivity contribution is -0.164. The summed E-state index contributed by atoms with van der Waals surface area (Å²) in [5.74, 6) is -0.534. The van der Waals surface area contributed by atoms with Crippen molar-refractivity contribution in [2.24, 2.45) is 11.8 Å². The van der Waals surface area contributed by atoms with Crippen LogP contribution in [0.3, 0.4) is 0 Å². The molecule has 1 fully saturated rings. The number of carbonyl (C=O) groups is 2. The first-order valence-electron chi connectivity index (χ1n) is 18.8. The standard InChI is InChI=1S/C43H50ClN3O7/c44-37-15-6-5-14-36(37)43(52,42(51)54-29-31-20-23-47(24-21-31)28-30-10-3-1-4-11-30)32-12-9-13-33(26-32)53-25-8-2-7-22-45-27-39(49)34-16-18-38(48)41-35(34)17-19-40(50)46-41/h1,3-6,9-19,26,31,35,39,41,45,48-49,52H,2,7-8,20-25,27-29H2,(H,46,50). The first-order chi connectivity index (χ1) is 26.2. The highest BCUT2D eigenvalue weighted by Gasteiger charge is 2.44. The summed E-state index contributed by atoms with van der Waals surface area (Å²) in [5, 5.41) is 39.4. The average Bonchev–Trinajstić information content (AvgIpc) is 3.19. The molecule has 5 N–H and O–H groups in total. The maximum atomic E-state index is 13.8. The van der Waals surface area contributed by atoms with E-state index in [4.69, 9.17) is 21.1 Å². The maximum absolute atomic E-state index is 13.8. The van der Waals surface area contributed by atoms with Gasteiger partial charge in [0.05, 0.1) is 25.4 Å². The molecule has 3 aliphatic rings. The number of likely N-dealkylation sites (tertiary alicyclic amines) is 1. The monoisotopic (exact) mass is 755 g/mol. The molecular formula is C43H50ClN3O7. The van der Waals surface area contributed by atoms with Gasteiger partial charge in [-0.15, -0.1) is 0 Å². The Morgan fingerprint density at radius 1 is 1.00 bits per heavy atom. The summed E-state index contributed by atoms with van der Waals surface area (Å²) < 4.78 is 11.9. The highest BCUT2D eigenvalue weighted by molar-refractivity contribution is 6.31. The van der Waals surface area contributed by atoms with Gasteiger partial charge in [0, 0.05) is 35.2 Å². The van der Waals surface area contributed by atoms with E-state index in [1.54, 1.807) is 60.7 Å². The maximum Gasteiger partial charge on any atom is 0.347 e. The van der Waals surface area contributed by atoms with Gasteiger partial charge in [0.25, 0.3) is 0 Å². The zero-order chi connectivity index (χ0) is 37.9. The van der Waals surface area contributed by atoms with Crippen molar-refractivity contribution < 1.29 is 34.4 Å². The number of hydrogen-bond acceptors (Lipinski definition) is 9. The summed E-state index contributed by atoms with van der Waals surface area (Å²) >= 11 is 6.57. The summed E-state index contributed by atoms with van der Waals surface area (Å²) in [5.41, 5.74) is 0.454. The zero-order valence-corrected chi connectivity index (χ0v) is 31.2. The number of nitrogens with one attached hydrogen (secondary N) is 2. The molecule has 1 aliphatic carbocycles. The molecule has 0 saturated carbocycles. The van der Waals surface area contributed by atoms with Gasteiger partial charge in [0.2, 0.25) is 11.5 Å². The summed E-state index contributed by atoms with van der Waals surface area (Å²) in [6.45, 7) is 4.42. The third kappa shape index (κ3) is 9.80. The van der Waals surface area contributed by atoms with Crippen LogP contribution in [0.15, 0.2) is 114 Å². The number of amides is 1. The van der Waals surface area contributed by atoms with Crippen molar-refractivity contribution >= 4 is 23.5 Å². The summed E-state index contributed by atoms with van der Waals surface area (Å²) in [6.07, 6.45) is 9.94. The largest absolute Gasteiger partial charge is 0.510 e. The van der Waals surface area contributed by atoms with E-state index in [9.17, 15) is 24.9 Å². The topological polar surface area (TPSA) is 141 Å². The lowest BCUT2D eigenvalue weighted by atomic mass is 9.81. The number of allylic oxidation sites excluding steroid dienone is 2. The number of aliphatic hydroxyl groups excluding tert-OH is 2. The van der Waals surface area contributed by atoms with Gasteiger partial charge in [-0.25, -0.2) is 4.79 Å². The van der Waals surface area contributed by atoms with Crippen molar-refractivity contribution in [3.8, 4) is 5.75 Å². The van der Waals surface area contributed by atoms with Crippen LogP contribution in [0.2, 0.25) is 5.02 Å². The molecule has 2 heterocycles. The van der Waals surface area contributed by atoms with Crippen molar-refractivity contribution in [2.45, 2.75) is 56.4 Å². The van der Waals surface area contributed by atoms with Crippen LogP contribution in [0.1, 0.15) is 48.8 Å². The van der Waals surface area contributed by atoms with Crippen LogP contribution >= 0.6 is 11.6 Å². The molecule has 1 saturated heterocycles. The second-order valence-corrected chi connectivity index (χ2v) is 14.7. The van der Waals surface area contributed by atoms with Gasteiger partial charge in [-0.05, 0) is 99.1 Å². The van der Waals surface area contributed by atoms with Crippen molar-refractivity contribution in [1.82, 2.24) is 15.5 Å². The quantitative estimate of drug-likeness (QED) is 0.0882. The Balaban J connectivity index is 0.965. The van der Waals surface area contributed by atoms with Crippen molar-refractivity contribution in [2.75, 3.05) is 39.4 Å². The fourth-order valence-electron chi connectivity index (χ4n) is 7.36. The van der Waals surface area contributed by atoms with Gasteiger partial charge in [0.15, 0.2) is 0 Å². The molecule has 11 heteroatoms. The molecule has 0 spiro atoms. The van der Waals surface area contributed by atoms with Gasteiger partial charge in [-0.1, -0.05) is 84.4 Å². The highest BCUT2D eigenvalue weighted by Crippen LogP contribution is 2.37. The van der Waals surface area contributed by atoms with Gasteiger partial charge in [-0.2, -0.15) is 0 Å². The normalized spacial score (nSPS) is 20.5. The van der Waals surface area contributed by atoms with Crippen molar-refractivity contribution in [1.29, 1.82) is 0 Å². The van der Waals surface area contributed by atoms with E-state index in [1.807, 2.05) is 6.07 Å². The third-order valence-corrected chi connectivity index (χ3v) is 10.8. The molecular weight excluding hydrogens is 706 g/mol. The number of benzene rings is 3. The minimum atomic E-state index is -2.13. The van der Waals surface area contributed by atoms with Crippen LogP contribution < -0.4 is 15.4 Å². The SMILES string of the molecule is O=C1C=CC2C(C(O)CNCCCCCOc3cccc(C(O)(C(=O)OCC4CCN(Cc5ccccc5)CC4)c4ccccc4Cl)c3)=CC=C(O)C2N1. The lowest BCUT2D eigenvalue weighted by Gasteiger charge is -2.34. The number of nitrogens with zero attached hydrogens (tertiary/aromatic N) is 1. The fourth-order valence-corrected chi connectivity index (χ4v) is 7.63. The van der Waals surface area contributed by atoms with Crippen molar-refractivity contribution in [3.63, 3.8) is 0 Å². The van der Waals surface area contributed by atoms with Gasteiger partial charge in [0.1, 0.15) is 11.5 Å². The number of carbonyl (C=O) groups excluding carboxylic acids is 2. The molecule has 4 atom stereocenters. The fraction of sp³-hybridized carbons (Fsp3) is 0.395. The number of esters is 1. The predicted molar refractivity (Wildman–Crippen MR) is 208 cm³/mol. The third-order valence-electron chi connectivity index (χ3n) is 10.5. The van der Waals surface area contributed by atoms with Crippen molar-refractivity contribution in [3.05, 3.63) is 136 Å². The van der Waals surface area contributed by atoms with E-state index in [2.05, 4.69) is 39.8 Å². The minimum absolute atomic E-state index is 0.0752. The Morgan fingerprint density at radius 2 is 1.78 bits per heavy atom. The molecule has 54 heavy (non-hydrogen) atoms. The van der Waals surface area contributed by atoms with Gasteiger partial charge < -0.3 is 35.4 Å². The Labute approximate surface area is 322 Å². The molecule has 10 nitrogen and oxygen atoms in total. The molecule has 3 aromatic carbocycles. The molecule has 0 aromatic heterocycles. The number of piperidine rings is 1. The molecule has 0 radical (unpaired) electrons.